The fourth-order valence-electron chi connectivity index (χ4n) is 1.94. The molecule has 1 rings (SSSR count). The Bertz CT molecular complexity index is 410. The van der Waals surface area contributed by atoms with Crippen molar-refractivity contribution < 1.29 is 14.4 Å². The highest BCUT2D eigenvalue weighted by Crippen LogP contribution is 2.15. The second-order valence-corrected chi connectivity index (χ2v) is 4.84. The molecule has 0 radical (unpaired) electrons. The smallest absolute Gasteiger partial charge is 0.256 e. The van der Waals surface area contributed by atoms with Crippen LogP contribution in [0.25, 0.3) is 0 Å². The van der Waals surface area contributed by atoms with Gasteiger partial charge in [-0.1, -0.05) is 25.4 Å². The van der Waals surface area contributed by atoms with Crippen molar-refractivity contribution in [3.05, 3.63) is 17.0 Å². The normalized spacial score (nSPS) is 14.3. The van der Waals surface area contributed by atoms with Crippen molar-refractivity contribution >= 4 is 5.91 Å². The highest BCUT2D eigenvalue weighted by atomic mass is 16.5. The zero-order chi connectivity index (χ0) is 13.8. The first kappa shape index (κ1) is 14.7. The number of carbonyl (C=O) groups is 1. The summed E-state index contributed by atoms with van der Waals surface area (Å²) in [4.78, 5) is 12.0. The van der Waals surface area contributed by atoms with E-state index >= 15 is 0 Å². The summed E-state index contributed by atoms with van der Waals surface area (Å²) < 4.78 is 5.01. The van der Waals surface area contributed by atoms with Crippen molar-refractivity contribution in [2.75, 3.05) is 6.54 Å². The van der Waals surface area contributed by atoms with E-state index in [1.165, 1.54) is 0 Å². The van der Waals surface area contributed by atoms with Gasteiger partial charge in [0.1, 0.15) is 11.3 Å². The van der Waals surface area contributed by atoms with E-state index in [-0.39, 0.29) is 12.5 Å². The largest absolute Gasteiger partial charge is 0.388 e. The van der Waals surface area contributed by atoms with Gasteiger partial charge >= 0.3 is 0 Å². The zero-order valence-electron chi connectivity index (χ0n) is 11.5. The molecule has 0 saturated carbocycles. The highest BCUT2D eigenvalue weighted by molar-refractivity contribution is 5.96. The molecule has 0 fully saturated rings. The molecule has 1 heterocycles. The van der Waals surface area contributed by atoms with Crippen LogP contribution in [0, 0.1) is 6.92 Å². The molecule has 0 aromatic carbocycles. The fourth-order valence-corrected chi connectivity index (χ4v) is 1.94. The lowest BCUT2D eigenvalue weighted by Crippen LogP contribution is -2.40. The monoisotopic (exact) mass is 254 g/mol. The Morgan fingerprint density at radius 1 is 1.50 bits per heavy atom. The molecular weight excluding hydrogens is 232 g/mol. The van der Waals surface area contributed by atoms with Gasteiger partial charge in [0.15, 0.2) is 0 Å². The Hall–Kier alpha value is -1.36. The Kier molecular flexibility index (Phi) is 4.90. The molecule has 5 heteroatoms. The Balaban J connectivity index is 2.68. The average Bonchev–Trinajstić information content (AvgIpc) is 2.67. The number of aryl methyl sites for hydroxylation is 2. The number of aliphatic hydroxyl groups is 1. The third-order valence-electron chi connectivity index (χ3n) is 2.91. The summed E-state index contributed by atoms with van der Waals surface area (Å²) in [6.45, 7) is 7.58. The van der Waals surface area contributed by atoms with Gasteiger partial charge in [-0.05, 0) is 26.7 Å². The Morgan fingerprint density at radius 3 is 2.72 bits per heavy atom. The van der Waals surface area contributed by atoms with Crippen LogP contribution in [0.15, 0.2) is 4.52 Å². The molecule has 0 aliphatic heterocycles. The van der Waals surface area contributed by atoms with Crippen molar-refractivity contribution in [2.24, 2.45) is 0 Å². The van der Waals surface area contributed by atoms with E-state index in [9.17, 15) is 9.90 Å². The van der Waals surface area contributed by atoms with E-state index in [4.69, 9.17) is 4.52 Å². The number of amides is 1. The molecule has 5 nitrogen and oxygen atoms in total. The first-order valence-electron chi connectivity index (χ1n) is 6.37. The number of aromatic nitrogens is 1. The lowest BCUT2D eigenvalue weighted by Gasteiger charge is -2.22. The quantitative estimate of drug-likeness (QED) is 0.812. The second-order valence-electron chi connectivity index (χ2n) is 4.84. The van der Waals surface area contributed by atoms with Crippen LogP contribution in [0.3, 0.4) is 0 Å². The third-order valence-corrected chi connectivity index (χ3v) is 2.91. The summed E-state index contributed by atoms with van der Waals surface area (Å²) in [6, 6.07) is 0. The predicted molar refractivity (Wildman–Crippen MR) is 68.5 cm³/mol. The molecule has 0 saturated heterocycles. The van der Waals surface area contributed by atoms with Crippen LogP contribution in [-0.4, -0.2) is 28.3 Å². The van der Waals surface area contributed by atoms with Gasteiger partial charge in [0.05, 0.1) is 11.3 Å². The van der Waals surface area contributed by atoms with Gasteiger partial charge in [0, 0.05) is 6.54 Å². The standard InChI is InChI=1S/C13H22N2O3/c1-5-7-13(4,17)8-14-12(16)11-9(3)18-15-10(11)6-2/h17H,5-8H2,1-4H3,(H,14,16). The van der Waals surface area contributed by atoms with Gasteiger partial charge in [-0.3, -0.25) is 4.79 Å². The number of hydrogen-bond donors (Lipinski definition) is 2. The molecule has 1 unspecified atom stereocenters. The Labute approximate surface area is 108 Å². The van der Waals surface area contributed by atoms with Crippen molar-refractivity contribution in [3.8, 4) is 0 Å². The predicted octanol–water partition coefficient (Wildman–Crippen LogP) is 1.83. The number of carbonyl (C=O) groups excluding carboxylic acids is 1. The average molecular weight is 254 g/mol. The zero-order valence-corrected chi connectivity index (χ0v) is 11.5. The lowest BCUT2D eigenvalue weighted by atomic mass is 10.0. The van der Waals surface area contributed by atoms with E-state index in [0.717, 1.165) is 6.42 Å². The van der Waals surface area contributed by atoms with Crippen molar-refractivity contribution in [3.63, 3.8) is 0 Å². The van der Waals surface area contributed by atoms with Crippen LogP contribution in [0.5, 0.6) is 0 Å². The molecule has 1 aromatic rings. The number of rotatable bonds is 6. The van der Waals surface area contributed by atoms with Crippen LogP contribution in [0.1, 0.15) is 55.4 Å². The summed E-state index contributed by atoms with van der Waals surface area (Å²) in [7, 11) is 0. The maximum atomic E-state index is 12.0. The second kappa shape index (κ2) is 6.00. The molecule has 1 aromatic heterocycles. The number of hydrogen-bond acceptors (Lipinski definition) is 4. The molecule has 0 aliphatic rings. The van der Waals surface area contributed by atoms with E-state index in [1.54, 1.807) is 13.8 Å². The molecule has 102 valence electrons. The summed E-state index contributed by atoms with van der Waals surface area (Å²) in [5, 5.41) is 16.6. The SMILES string of the molecule is CCCC(C)(O)CNC(=O)c1c(CC)noc1C. The molecule has 0 aliphatic carbocycles. The van der Waals surface area contributed by atoms with Gasteiger partial charge in [0.2, 0.25) is 0 Å². The first-order chi connectivity index (χ1) is 8.41. The highest BCUT2D eigenvalue weighted by Gasteiger charge is 2.23. The Morgan fingerprint density at radius 2 is 2.17 bits per heavy atom. The van der Waals surface area contributed by atoms with E-state index in [2.05, 4.69) is 10.5 Å². The molecule has 2 N–H and O–H groups in total. The van der Waals surface area contributed by atoms with Crippen LogP contribution < -0.4 is 5.32 Å². The van der Waals surface area contributed by atoms with Gasteiger partial charge in [-0.2, -0.15) is 0 Å². The van der Waals surface area contributed by atoms with Crippen LogP contribution in [0.4, 0.5) is 0 Å². The first-order valence-corrected chi connectivity index (χ1v) is 6.37. The maximum absolute atomic E-state index is 12.0. The minimum Gasteiger partial charge on any atom is -0.388 e. The van der Waals surface area contributed by atoms with Crippen molar-refractivity contribution in [2.45, 2.75) is 52.6 Å². The summed E-state index contributed by atoms with van der Waals surface area (Å²) in [6.07, 6.45) is 2.16. The van der Waals surface area contributed by atoms with Crippen molar-refractivity contribution in [1.82, 2.24) is 10.5 Å². The maximum Gasteiger partial charge on any atom is 0.256 e. The fraction of sp³-hybridized carbons (Fsp3) is 0.692. The van der Waals surface area contributed by atoms with Gasteiger partial charge in [-0.15, -0.1) is 0 Å². The van der Waals surface area contributed by atoms with E-state index < -0.39 is 5.60 Å². The van der Waals surface area contributed by atoms with Gasteiger partial charge < -0.3 is 14.9 Å². The molecule has 1 amide bonds. The van der Waals surface area contributed by atoms with E-state index in [1.807, 2.05) is 13.8 Å². The van der Waals surface area contributed by atoms with Crippen LogP contribution in [-0.2, 0) is 6.42 Å². The third kappa shape index (κ3) is 3.57. The van der Waals surface area contributed by atoms with Crippen LogP contribution in [0.2, 0.25) is 0 Å². The molecule has 18 heavy (non-hydrogen) atoms. The van der Waals surface area contributed by atoms with Crippen LogP contribution >= 0.6 is 0 Å². The van der Waals surface area contributed by atoms with Gasteiger partial charge in [-0.25, -0.2) is 0 Å². The summed E-state index contributed by atoms with van der Waals surface area (Å²) in [5.41, 5.74) is 0.270. The lowest BCUT2D eigenvalue weighted by molar-refractivity contribution is 0.0469. The molecule has 1 atom stereocenters. The molecule has 0 bridgehead atoms. The number of nitrogens with one attached hydrogen (secondary N) is 1. The van der Waals surface area contributed by atoms with Crippen molar-refractivity contribution in [1.29, 1.82) is 0 Å². The van der Waals surface area contributed by atoms with E-state index in [0.29, 0.717) is 29.9 Å². The minimum atomic E-state index is -0.873. The summed E-state index contributed by atoms with van der Waals surface area (Å²) in [5.74, 6) is 0.279. The minimum absolute atomic E-state index is 0.230. The molecule has 0 spiro atoms. The van der Waals surface area contributed by atoms with Gasteiger partial charge in [0.25, 0.3) is 5.91 Å². The molecular formula is C13H22N2O3. The topological polar surface area (TPSA) is 75.4 Å². The summed E-state index contributed by atoms with van der Waals surface area (Å²) >= 11 is 0. The number of nitrogens with zero attached hydrogens (tertiary/aromatic N) is 1.